The highest BCUT2D eigenvalue weighted by molar-refractivity contribution is 6.17. The predicted molar refractivity (Wildman–Crippen MR) is 83.6 cm³/mol. The van der Waals surface area contributed by atoms with Gasteiger partial charge < -0.3 is 14.2 Å². The lowest BCUT2D eigenvalue weighted by Crippen LogP contribution is -1.98. The lowest BCUT2D eigenvalue weighted by atomic mass is 10.1. The Morgan fingerprint density at radius 3 is 2.05 bits per heavy atom. The van der Waals surface area contributed by atoms with Gasteiger partial charge in [0.25, 0.3) is 0 Å². The Kier molecular flexibility index (Phi) is 4.91. The number of rotatable bonds is 5. The summed E-state index contributed by atoms with van der Waals surface area (Å²) in [6.07, 6.45) is 0. The van der Waals surface area contributed by atoms with Crippen molar-refractivity contribution < 1.29 is 14.2 Å². The zero-order valence-corrected chi connectivity index (χ0v) is 13.3. The molecule has 0 N–H and O–H groups in total. The Bertz CT molecular complexity index is 618. The van der Waals surface area contributed by atoms with Crippen LogP contribution in [0.2, 0.25) is 0 Å². The number of alkyl halides is 1. The number of nitrogens with zero attached hydrogens (tertiary/aromatic N) is 1. The first kappa shape index (κ1) is 15.4. The maximum Gasteiger partial charge on any atom is 0.135 e. The molecule has 1 aromatic carbocycles. The highest BCUT2D eigenvalue weighted by Crippen LogP contribution is 2.41. The normalized spacial score (nSPS) is 10.3. The second-order valence-corrected chi connectivity index (χ2v) is 4.75. The van der Waals surface area contributed by atoms with E-state index in [0.717, 1.165) is 22.5 Å². The van der Waals surface area contributed by atoms with E-state index >= 15 is 0 Å². The maximum absolute atomic E-state index is 5.88. The first-order chi connectivity index (χ1) is 10.1. The summed E-state index contributed by atoms with van der Waals surface area (Å²) in [6, 6.07) is 7.50. The van der Waals surface area contributed by atoms with Crippen LogP contribution in [0.4, 0.5) is 0 Å². The van der Waals surface area contributed by atoms with Gasteiger partial charge in [-0.05, 0) is 18.6 Å². The maximum atomic E-state index is 5.88. The van der Waals surface area contributed by atoms with Gasteiger partial charge in [0, 0.05) is 23.7 Å². The second-order valence-electron chi connectivity index (χ2n) is 4.48. The van der Waals surface area contributed by atoms with Crippen molar-refractivity contribution in [2.75, 3.05) is 21.3 Å². The van der Waals surface area contributed by atoms with E-state index in [1.165, 1.54) is 0 Å². The highest BCUT2D eigenvalue weighted by Gasteiger charge is 2.17. The molecule has 2 aromatic rings. The summed E-state index contributed by atoms with van der Waals surface area (Å²) in [5.74, 6) is 2.41. The molecule has 1 aromatic heterocycles. The molecule has 0 amide bonds. The van der Waals surface area contributed by atoms with Crippen LogP contribution in [0.3, 0.4) is 0 Å². The van der Waals surface area contributed by atoms with Gasteiger partial charge in [-0.15, -0.1) is 11.6 Å². The average molecular weight is 308 g/mol. The largest absolute Gasteiger partial charge is 0.496 e. The molecule has 0 radical (unpaired) electrons. The zero-order chi connectivity index (χ0) is 15.4. The molecule has 0 fully saturated rings. The van der Waals surface area contributed by atoms with Crippen LogP contribution in [-0.4, -0.2) is 26.3 Å². The third-order valence-electron chi connectivity index (χ3n) is 3.31. The van der Waals surface area contributed by atoms with Crippen LogP contribution in [-0.2, 0) is 5.88 Å². The molecule has 21 heavy (non-hydrogen) atoms. The van der Waals surface area contributed by atoms with Gasteiger partial charge >= 0.3 is 0 Å². The Morgan fingerprint density at radius 1 is 1.00 bits per heavy atom. The molecule has 2 rings (SSSR count). The first-order valence-corrected chi connectivity index (χ1v) is 7.01. The van der Waals surface area contributed by atoms with E-state index in [4.69, 9.17) is 25.8 Å². The van der Waals surface area contributed by atoms with Crippen LogP contribution in [0.1, 0.15) is 11.3 Å². The van der Waals surface area contributed by atoms with Crippen LogP contribution >= 0.6 is 11.6 Å². The van der Waals surface area contributed by atoms with E-state index in [-0.39, 0.29) is 0 Å². The minimum Gasteiger partial charge on any atom is -0.496 e. The Labute approximate surface area is 129 Å². The summed E-state index contributed by atoms with van der Waals surface area (Å²) in [7, 11) is 4.82. The lowest BCUT2D eigenvalue weighted by molar-refractivity contribution is 0.377. The predicted octanol–water partition coefficient (Wildman–Crippen LogP) is 3.82. The van der Waals surface area contributed by atoms with E-state index in [1.807, 2.05) is 31.2 Å². The fourth-order valence-electron chi connectivity index (χ4n) is 2.13. The molecule has 0 saturated heterocycles. The second kappa shape index (κ2) is 6.68. The minimum atomic E-state index is 0.440. The number of aryl methyl sites for hydroxylation is 1. The number of ether oxygens (including phenoxy) is 3. The number of benzene rings is 1. The zero-order valence-electron chi connectivity index (χ0n) is 12.6. The molecule has 0 aliphatic rings. The number of hydrogen-bond acceptors (Lipinski definition) is 4. The summed E-state index contributed by atoms with van der Waals surface area (Å²) >= 11 is 5.88. The van der Waals surface area contributed by atoms with Crippen molar-refractivity contribution in [3.63, 3.8) is 0 Å². The SMILES string of the molecule is COc1cc(OC)c(-c2ccc(CCl)c(C)n2)c(OC)c1. The molecule has 112 valence electrons. The molecule has 5 heteroatoms. The van der Waals surface area contributed by atoms with E-state index in [0.29, 0.717) is 23.1 Å². The number of hydrogen-bond donors (Lipinski definition) is 0. The van der Waals surface area contributed by atoms with Gasteiger partial charge in [-0.3, -0.25) is 4.98 Å². The topological polar surface area (TPSA) is 40.6 Å². The third kappa shape index (κ3) is 3.05. The van der Waals surface area contributed by atoms with Crippen LogP contribution < -0.4 is 14.2 Å². The molecule has 0 atom stereocenters. The van der Waals surface area contributed by atoms with Gasteiger partial charge in [-0.25, -0.2) is 0 Å². The third-order valence-corrected chi connectivity index (χ3v) is 3.60. The molecule has 1 heterocycles. The Hall–Kier alpha value is -1.94. The van der Waals surface area contributed by atoms with Crippen LogP contribution in [0, 0.1) is 6.92 Å². The van der Waals surface area contributed by atoms with Crippen molar-refractivity contribution in [3.05, 3.63) is 35.5 Å². The summed E-state index contributed by atoms with van der Waals surface area (Å²) < 4.78 is 16.2. The van der Waals surface area contributed by atoms with Crippen LogP contribution in [0.15, 0.2) is 24.3 Å². The molecular formula is C16H18ClNO3. The number of pyridine rings is 1. The minimum absolute atomic E-state index is 0.440. The number of methoxy groups -OCH3 is 3. The standard InChI is InChI=1S/C16H18ClNO3/c1-10-11(9-17)5-6-13(18-10)16-14(20-3)7-12(19-2)8-15(16)21-4/h5-8H,9H2,1-4H3. The van der Waals surface area contributed by atoms with Gasteiger partial charge in [0.2, 0.25) is 0 Å². The van der Waals surface area contributed by atoms with Crippen molar-refractivity contribution in [2.45, 2.75) is 12.8 Å². The van der Waals surface area contributed by atoms with E-state index in [2.05, 4.69) is 4.98 Å². The van der Waals surface area contributed by atoms with Gasteiger partial charge in [0.1, 0.15) is 17.2 Å². The van der Waals surface area contributed by atoms with Gasteiger partial charge in [-0.2, -0.15) is 0 Å². The van der Waals surface area contributed by atoms with E-state index in [9.17, 15) is 0 Å². The Morgan fingerprint density at radius 2 is 1.62 bits per heavy atom. The molecule has 0 saturated carbocycles. The molecule has 0 spiro atoms. The van der Waals surface area contributed by atoms with Gasteiger partial charge in [-0.1, -0.05) is 6.07 Å². The van der Waals surface area contributed by atoms with Crippen molar-refractivity contribution in [3.8, 4) is 28.5 Å². The first-order valence-electron chi connectivity index (χ1n) is 6.47. The summed E-state index contributed by atoms with van der Waals surface area (Å²) in [4.78, 5) is 4.60. The molecule has 4 nitrogen and oxygen atoms in total. The monoisotopic (exact) mass is 307 g/mol. The molecule has 0 aliphatic carbocycles. The number of halogens is 1. The lowest BCUT2D eigenvalue weighted by Gasteiger charge is -2.15. The molecule has 0 aliphatic heterocycles. The smallest absolute Gasteiger partial charge is 0.135 e. The fraction of sp³-hybridized carbons (Fsp3) is 0.312. The average Bonchev–Trinajstić information content (AvgIpc) is 2.53. The van der Waals surface area contributed by atoms with E-state index < -0.39 is 0 Å². The summed E-state index contributed by atoms with van der Waals surface area (Å²) in [5.41, 5.74) is 3.47. The van der Waals surface area contributed by atoms with Crippen molar-refractivity contribution in [2.24, 2.45) is 0 Å². The van der Waals surface area contributed by atoms with Crippen LogP contribution in [0.5, 0.6) is 17.2 Å². The van der Waals surface area contributed by atoms with E-state index in [1.54, 1.807) is 21.3 Å². The molecule has 0 bridgehead atoms. The Balaban J connectivity index is 2.64. The fourth-order valence-corrected chi connectivity index (χ4v) is 2.41. The molecule has 0 unspecified atom stereocenters. The van der Waals surface area contributed by atoms with Crippen LogP contribution in [0.25, 0.3) is 11.3 Å². The quantitative estimate of drug-likeness (QED) is 0.787. The summed E-state index contributed by atoms with van der Waals surface area (Å²) in [6.45, 7) is 1.93. The molecular weight excluding hydrogens is 290 g/mol. The van der Waals surface area contributed by atoms with Crippen molar-refractivity contribution >= 4 is 11.6 Å². The summed E-state index contributed by atoms with van der Waals surface area (Å²) in [5, 5.41) is 0. The van der Waals surface area contributed by atoms with Crippen molar-refractivity contribution in [1.82, 2.24) is 4.98 Å². The van der Waals surface area contributed by atoms with Gasteiger partial charge in [0.15, 0.2) is 0 Å². The number of aromatic nitrogens is 1. The van der Waals surface area contributed by atoms with Gasteiger partial charge in [0.05, 0.1) is 32.6 Å². The van der Waals surface area contributed by atoms with Crippen molar-refractivity contribution in [1.29, 1.82) is 0 Å². The highest BCUT2D eigenvalue weighted by atomic mass is 35.5.